The van der Waals surface area contributed by atoms with Crippen LogP contribution in [0.15, 0.2) is 30.5 Å². The van der Waals surface area contributed by atoms with Gasteiger partial charge in [-0.25, -0.2) is 0 Å². The number of amides is 2. The molecule has 1 saturated heterocycles. The molecule has 2 aromatic rings. The molecule has 1 aliphatic rings. The van der Waals surface area contributed by atoms with E-state index in [0.29, 0.717) is 39.3 Å². The lowest BCUT2D eigenvalue weighted by Gasteiger charge is -2.34. The molecule has 0 unspecified atom stereocenters. The van der Waals surface area contributed by atoms with Gasteiger partial charge < -0.3 is 19.1 Å². The lowest BCUT2D eigenvalue weighted by molar-refractivity contribution is -0.130. The zero-order valence-corrected chi connectivity index (χ0v) is 14.2. The molecule has 0 radical (unpaired) electrons. The fourth-order valence-corrected chi connectivity index (χ4v) is 3.19. The second kappa shape index (κ2) is 7.05. The monoisotopic (exact) mass is 329 g/mol. The quantitative estimate of drug-likeness (QED) is 0.856. The van der Waals surface area contributed by atoms with Crippen molar-refractivity contribution in [3.63, 3.8) is 0 Å². The summed E-state index contributed by atoms with van der Waals surface area (Å²) in [6, 6.07) is 7.94. The Labute approximate surface area is 141 Å². The fourth-order valence-electron chi connectivity index (χ4n) is 3.19. The molecule has 0 saturated carbocycles. The number of fused-ring (bicyclic) bond motifs is 1. The van der Waals surface area contributed by atoms with Crippen molar-refractivity contribution in [1.29, 1.82) is 0 Å². The van der Waals surface area contributed by atoms with Gasteiger partial charge in [0, 0.05) is 63.9 Å². The first-order valence-corrected chi connectivity index (χ1v) is 8.23. The minimum absolute atomic E-state index is 0.0329. The zero-order chi connectivity index (χ0) is 17.1. The molecule has 0 N–H and O–H groups in total. The number of ether oxygens (including phenoxy) is 1. The summed E-state index contributed by atoms with van der Waals surface area (Å²) in [6.45, 7) is 5.24. The van der Waals surface area contributed by atoms with Crippen molar-refractivity contribution in [2.24, 2.45) is 0 Å². The third-order valence-electron chi connectivity index (χ3n) is 4.57. The Bertz CT molecular complexity index is 745. The van der Waals surface area contributed by atoms with E-state index in [1.165, 1.54) is 0 Å². The normalized spacial score (nSPS) is 15.1. The number of methoxy groups -OCH3 is 1. The molecule has 0 aliphatic carbocycles. The molecular weight excluding hydrogens is 306 g/mol. The van der Waals surface area contributed by atoms with Crippen molar-refractivity contribution in [1.82, 2.24) is 14.4 Å². The van der Waals surface area contributed by atoms with E-state index >= 15 is 0 Å². The molecule has 1 aliphatic heterocycles. The standard InChI is InChI=1S/C18H23N3O3/c1-14(22)19-7-9-20(10-8-19)18(23)16-13-21(11-12-24-2)17-6-4-3-5-15(16)17/h3-6,13H,7-12H2,1-2H3. The second-order valence-electron chi connectivity index (χ2n) is 6.04. The van der Waals surface area contributed by atoms with E-state index in [1.54, 1.807) is 18.9 Å². The van der Waals surface area contributed by atoms with Crippen molar-refractivity contribution < 1.29 is 14.3 Å². The number of para-hydroxylation sites is 1. The summed E-state index contributed by atoms with van der Waals surface area (Å²) in [6.07, 6.45) is 1.92. The number of nitrogens with zero attached hydrogens (tertiary/aromatic N) is 3. The van der Waals surface area contributed by atoms with Crippen molar-refractivity contribution in [2.45, 2.75) is 13.5 Å². The molecule has 1 fully saturated rings. The number of benzene rings is 1. The van der Waals surface area contributed by atoms with Crippen LogP contribution in [0, 0.1) is 0 Å². The largest absolute Gasteiger partial charge is 0.383 e. The van der Waals surface area contributed by atoms with Crippen LogP contribution in [-0.2, 0) is 16.1 Å². The predicted octanol–water partition coefficient (Wildman–Crippen LogP) is 1.59. The van der Waals surface area contributed by atoms with Crippen LogP contribution in [0.2, 0.25) is 0 Å². The highest BCUT2D eigenvalue weighted by atomic mass is 16.5. The topological polar surface area (TPSA) is 54.8 Å². The van der Waals surface area contributed by atoms with Crippen molar-refractivity contribution >= 4 is 22.7 Å². The first-order chi connectivity index (χ1) is 11.6. The van der Waals surface area contributed by atoms with Crippen LogP contribution in [0.25, 0.3) is 10.9 Å². The van der Waals surface area contributed by atoms with Gasteiger partial charge in [-0.2, -0.15) is 0 Å². The Morgan fingerprint density at radius 3 is 2.42 bits per heavy atom. The van der Waals surface area contributed by atoms with Gasteiger partial charge in [-0.1, -0.05) is 18.2 Å². The Kier molecular flexibility index (Phi) is 4.85. The third kappa shape index (κ3) is 3.14. The SMILES string of the molecule is COCCn1cc(C(=O)N2CCN(C(C)=O)CC2)c2ccccc21. The molecule has 2 heterocycles. The van der Waals surface area contributed by atoms with E-state index < -0.39 is 0 Å². The molecule has 6 heteroatoms. The summed E-state index contributed by atoms with van der Waals surface area (Å²) in [4.78, 5) is 28.0. The van der Waals surface area contributed by atoms with Gasteiger partial charge in [-0.3, -0.25) is 9.59 Å². The van der Waals surface area contributed by atoms with Crippen molar-refractivity contribution in [2.75, 3.05) is 39.9 Å². The van der Waals surface area contributed by atoms with E-state index in [4.69, 9.17) is 4.74 Å². The molecule has 3 rings (SSSR count). The smallest absolute Gasteiger partial charge is 0.256 e. The summed E-state index contributed by atoms with van der Waals surface area (Å²) in [5.41, 5.74) is 1.76. The molecule has 0 spiro atoms. The van der Waals surface area contributed by atoms with E-state index in [0.717, 1.165) is 16.5 Å². The highest BCUT2D eigenvalue weighted by Crippen LogP contribution is 2.23. The molecule has 24 heavy (non-hydrogen) atoms. The molecular formula is C18H23N3O3. The Morgan fingerprint density at radius 1 is 1.08 bits per heavy atom. The van der Waals surface area contributed by atoms with Gasteiger partial charge in [-0.05, 0) is 6.07 Å². The van der Waals surface area contributed by atoms with Gasteiger partial charge in [0.25, 0.3) is 5.91 Å². The summed E-state index contributed by atoms with van der Waals surface area (Å²) in [5.74, 6) is 0.101. The summed E-state index contributed by atoms with van der Waals surface area (Å²) < 4.78 is 7.23. The molecule has 1 aromatic heterocycles. The Hall–Kier alpha value is -2.34. The highest BCUT2D eigenvalue weighted by Gasteiger charge is 2.25. The molecule has 0 bridgehead atoms. The van der Waals surface area contributed by atoms with Crippen molar-refractivity contribution in [3.8, 4) is 0 Å². The minimum Gasteiger partial charge on any atom is -0.383 e. The first-order valence-electron chi connectivity index (χ1n) is 8.23. The van der Waals surface area contributed by atoms with Crippen LogP contribution in [-0.4, -0.2) is 66.1 Å². The van der Waals surface area contributed by atoms with E-state index in [-0.39, 0.29) is 11.8 Å². The van der Waals surface area contributed by atoms with E-state index in [2.05, 4.69) is 4.57 Å². The van der Waals surface area contributed by atoms with E-state index in [1.807, 2.05) is 35.4 Å². The van der Waals surface area contributed by atoms with Gasteiger partial charge in [0.2, 0.25) is 5.91 Å². The molecule has 1 aromatic carbocycles. The van der Waals surface area contributed by atoms with Crippen LogP contribution >= 0.6 is 0 Å². The molecule has 6 nitrogen and oxygen atoms in total. The van der Waals surface area contributed by atoms with Gasteiger partial charge in [0.1, 0.15) is 0 Å². The van der Waals surface area contributed by atoms with Crippen LogP contribution in [0.4, 0.5) is 0 Å². The van der Waals surface area contributed by atoms with Gasteiger partial charge in [0.15, 0.2) is 0 Å². The number of aromatic nitrogens is 1. The van der Waals surface area contributed by atoms with Gasteiger partial charge >= 0.3 is 0 Å². The van der Waals surface area contributed by atoms with Crippen LogP contribution in [0.1, 0.15) is 17.3 Å². The lowest BCUT2D eigenvalue weighted by Crippen LogP contribution is -2.50. The van der Waals surface area contributed by atoms with Gasteiger partial charge in [0.05, 0.1) is 12.2 Å². The molecule has 0 atom stereocenters. The number of rotatable bonds is 4. The summed E-state index contributed by atoms with van der Waals surface area (Å²) >= 11 is 0. The third-order valence-corrected chi connectivity index (χ3v) is 4.57. The minimum atomic E-state index is 0.0329. The highest BCUT2D eigenvalue weighted by molar-refractivity contribution is 6.07. The summed E-state index contributed by atoms with van der Waals surface area (Å²) in [7, 11) is 1.67. The van der Waals surface area contributed by atoms with E-state index in [9.17, 15) is 9.59 Å². The lowest BCUT2D eigenvalue weighted by atomic mass is 10.1. The Morgan fingerprint density at radius 2 is 1.75 bits per heavy atom. The maximum Gasteiger partial charge on any atom is 0.256 e. The number of carbonyl (C=O) groups is 2. The van der Waals surface area contributed by atoms with Crippen molar-refractivity contribution in [3.05, 3.63) is 36.0 Å². The maximum atomic E-state index is 13.0. The molecule has 2 amide bonds. The van der Waals surface area contributed by atoms with Gasteiger partial charge in [-0.15, -0.1) is 0 Å². The Balaban J connectivity index is 1.84. The average molecular weight is 329 g/mol. The predicted molar refractivity (Wildman–Crippen MR) is 92.0 cm³/mol. The zero-order valence-electron chi connectivity index (χ0n) is 14.2. The number of piperazine rings is 1. The number of hydrogen-bond donors (Lipinski definition) is 0. The number of carbonyl (C=O) groups excluding carboxylic acids is 2. The average Bonchev–Trinajstić information content (AvgIpc) is 2.98. The maximum absolute atomic E-state index is 13.0. The second-order valence-corrected chi connectivity index (χ2v) is 6.04. The van der Waals surface area contributed by atoms with Crippen LogP contribution < -0.4 is 0 Å². The first kappa shape index (κ1) is 16.5. The van der Waals surface area contributed by atoms with Crippen LogP contribution in [0.5, 0.6) is 0 Å². The summed E-state index contributed by atoms with van der Waals surface area (Å²) in [5, 5.41) is 0.965. The van der Waals surface area contributed by atoms with Crippen LogP contribution in [0.3, 0.4) is 0 Å². The fraction of sp³-hybridized carbons (Fsp3) is 0.444. The molecule has 128 valence electrons. The number of hydrogen-bond acceptors (Lipinski definition) is 3.